The van der Waals surface area contributed by atoms with Crippen LogP contribution in [0, 0.1) is 0 Å². The Hall–Kier alpha value is -2.13. The van der Waals surface area contributed by atoms with Gasteiger partial charge in [-0.25, -0.2) is 13.2 Å². The number of esters is 1. The van der Waals surface area contributed by atoms with Gasteiger partial charge in [0.2, 0.25) is 10.0 Å². The van der Waals surface area contributed by atoms with Crippen molar-refractivity contribution >= 4 is 27.6 Å². The summed E-state index contributed by atoms with van der Waals surface area (Å²) in [5.41, 5.74) is 1.62. The molecular formula is C16H22N2O6S. The fraction of sp³-hybridized carbons (Fsp3) is 0.500. The molecular weight excluding hydrogens is 348 g/mol. The lowest BCUT2D eigenvalue weighted by molar-refractivity contribution is -0.129. The monoisotopic (exact) mass is 370 g/mol. The number of nitrogens with zero attached hydrogens (tertiary/aromatic N) is 1. The normalized spacial score (nSPS) is 14.8. The van der Waals surface area contributed by atoms with E-state index in [1.165, 1.54) is 24.4 Å². The SMILES string of the molecule is COCCNC(=O)[C@H](C)OC(=O)c1ccc2c(c1)CCN2S(C)(=O)=O. The van der Waals surface area contributed by atoms with Gasteiger partial charge in [-0.05, 0) is 37.1 Å². The van der Waals surface area contributed by atoms with E-state index in [1.54, 1.807) is 12.1 Å². The summed E-state index contributed by atoms with van der Waals surface area (Å²) in [5, 5.41) is 2.59. The fourth-order valence-corrected chi connectivity index (χ4v) is 3.50. The summed E-state index contributed by atoms with van der Waals surface area (Å²) in [6, 6.07) is 4.70. The van der Waals surface area contributed by atoms with Crippen molar-refractivity contribution in [1.82, 2.24) is 5.32 Å². The van der Waals surface area contributed by atoms with Crippen LogP contribution in [0.4, 0.5) is 5.69 Å². The summed E-state index contributed by atoms with van der Waals surface area (Å²) in [4.78, 5) is 24.0. The number of carbonyl (C=O) groups is 2. The van der Waals surface area contributed by atoms with Crippen LogP contribution in [-0.4, -0.2) is 59.5 Å². The number of sulfonamides is 1. The van der Waals surface area contributed by atoms with E-state index in [0.29, 0.717) is 31.8 Å². The van der Waals surface area contributed by atoms with Crippen molar-refractivity contribution in [1.29, 1.82) is 0 Å². The van der Waals surface area contributed by atoms with E-state index in [0.717, 1.165) is 11.8 Å². The zero-order valence-electron chi connectivity index (χ0n) is 14.4. The number of rotatable bonds is 7. The summed E-state index contributed by atoms with van der Waals surface area (Å²) in [6.07, 6.45) is 0.732. The van der Waals surface area contributed by atoms with Gasteiger partial charge in [0.1, 0.15) is 0 Å². The molecule has 2 rings (SSSR count). The fourth-order valence-electron chi connectivity index (χ4n) is 2.55. The summed E-state index contributed by atoms with van der Waals surface area (Å²) >= 11 is 0. The summed E-state index contributed by atoms with van der Waals surface area (Å²) in [6.45, 7) is 2.54. The van der Waals surface area contributed by atoms with Crippen molar-refractivity contribution in [3.8, 4) is 0 Å². The molecule has 0 fully saturated rings. The molecule has 0 unspecified atom stereocenters. The molecule has 1 aliphatic rings. The van der Waals surface area contributed by atoms with Crippen LogP contribution in [0.1, 0.15) is 22.8 Å². The Kier molecular flexibility index (Phi) is 6.02. The summed E-state index contributed by atoms with van der Waals surface area (Å²) < 4.78 is 34.7. The van der Waals surface area contributed by atoms with Gasteiger partial charge in [-0.1, -0.05) is 0 Å². The molecule has 0 aliphatic carbocycles. The van der Waals surface area contributed by atoms with Crippen LogP contribution >= 0.6 is 0 Å². The maximum absolute atomic E-state index is 12.2. The van der Waals surface area contributed by atoms with Crippen LogP contribution in [0.25, 0.3) is 0 Å². The molecule has 9 heteroatoms. The highest BCUT2D eigenvalue weighted by molar-refractivity contribution is 7.92. The average Bonchev–Trinajstić information content (AvgIpc) is 2.98. The van der Waals surface area contributed by atoms with Crippen molar-refractivity contribution in [3.63, 3.8) is 0 Å². The third kappa shape index (κ3) is 4.70. The molecule has 0 aromatic heterocycles. The van der Waals surface area contributed by atoms with Crippen molar-refractivity contribution in [3.05, 3.63) is 29.3 Å². The molecule has 138 valence electrons. The lowest BCUT2D eigenvalue weighted by Crippen LogP contribution is -2.37. The van der Waals surface area contributed by atoms with Crippen LogP contribution in [-0.2, 0) is 30.7 Å². The smallest absolute Gasteiger partial charge is 0.338 e. The minimum absolute atomic E-state index is 0.283. The first kappa shape index (κ1) is 19.2. The third-order valence-electron chi connectivity index (χ3n) is 3.83. The van der Waals surface area contributed by atoms with Crippen molar-refractivity contribution < 1.29 is 27.5 Å². The number of nitrogens with one attached hydrogen (secondary N) is 1. The van der Waals surface area contributed by atoms with E-state index in [1.807, 2.05) is 0 Å². The van der Waals surface area contributed by atoms with Crippen molar-refractivity contribution in [2.45, 2.75) is 19.4 Å². The number of hydrogen-bond donors (Lipinski definition) is 1. The Morgan fingerprint density at radius 2 is 2.08 bits per heavy atom. The molecule has 1 amide bonds. The zero-order valence-corrected chi connectivity index (χ0v) is 15.3. The highest BCUT2D eigenvalue weighted by atomic mass is 32.2. The topological polar surface area (TPSA) is 102 Å². The minimum Gasteiger partial charge on any atom is -0.449 e. The third-order valence-corrected chi connectivity index (χ3v) is 5.01. The second kappa shape index (κ2) is 7.83. The Balaban J connectivity index is 2.03. The molecule has 1 aromatic rings. The number of amides is 1. The number of carbonyl (C=O) groups excluding carboxylic acids is 2. The van der Waals surface area contributed by atoms with Gasteiger partial charge in [0.25, 0.3) is 5.91 Å². The Labute approximate surface area is 147 Å². The summed E-state index contributed by atoms with van der Waals surface area (Å²) in [7, 11) is -1.81. The number of fused-ring (bicyclic) bond motifs is 1. The van der Waals surface area contributed by atoms with Crippen LogP contribution in [0.2, 0.25) is 0 Å². The Morgan fingerprint density at radius 1 is 1.36 bits per heavy atom. The highest BCUT2D eigenvalue weighted by Gasteiger charge is 2.27. The van der Waals surface area contributed by atoms with Gasteiger partial charge >= 0.3 is 5.97 Å². The van der Waals surface area contributed by atoms with E-state index >= 15 is 0 Å². The van der Waals surface area contributed by atoms with Gasteiger partial charge in [0.15, 0.2) is 6.10 Å². The van der Waals surface area contributed by atoms with Gasteiger partial charge in [0.05, 0.1) is 24.1 Å². The van der Waals surface area contributed by atoms with E-state index in [9.17, 15) is 18.0 Å². The molecule has 25 heavy (non-hydrogen) atoms. The minimum atomic E-state index is -3.34. The molecule has 1 aliphatic heterocycles. The van der Waals surface area contributed by atoms with Crippen molar-refractivity contribution in [2.75, 3.05) is 37.4 Å². The largest absolute Gasteiger partial charge is 0.449 e. The van der Waals surface area contributed by atoms with Gasteiger partial charge < -0.3 is 14.8 Å². The summed E-state index contributed by atoms with van der Waals surface area (Å²) in [5.74, 6) is -1.04. The second-order valence-corrected chi connectivity index (χ2v) is 7.67. The quantitative estimate of drug-likeness (QED) is 0.548. The van der Waals surface area contributed by atoms with Gasteiger partial charge in [0, 0.05) is 20.2 Å². The molecule has 1 aromatic carbocycles. The van der Waals surface area contributed by atoms with Crippen LogP contribution < -0.4 is 9.62 Å². The molecule has 0 bridgehead atoms. The van der Waals surface area contributed by atoms with Gasteiger partial charge in [-0.15, -0.1) is 0 Å². The Bertz CT molecular complexity index is 762. The predicted molar refractivity (Wildman–Crippen MR) is 92.1 cm³/mol. The standard InChI is InChI=1S/C16H22N2O6S/c1-11(15(19)17-7-9-23-2)24-16(20)13-4-5-14-12(10-13)6-8-18(14)25(3,21)22/h4-5,10-11H,6-9H2,1-3H3,(H,17,19)/t11-/m0/s1. The van der Waals surface area contributed by atoms with Crippen LogP contribution in [0.5, 0.6) is 0 Å². The lowest BCUT2D eigenvalue weighted by Gasteiger charge is -2.17. The number of methoxy groups -OCH3 is 1. The molecule has 0 spiro atoms. The average molecular weight is 370 g/mol. The molecule has 1 N–H and O–H groups in total. The molecule has 0 saturated carbocycles. The van der Waals surface area contributed by atoms with E-state index in [4.69, 9.17) is 9.47 Å². The van der Waals surface area contributed by atoms with Gasteiger partial charge in [-0.2, -0.15) is 0 Å². The van der Waals surface area contributed by atoms with E-state index in [2.05, 4.69) is 5.32 Å². The molecule has 8 nitrogen and oxygen atoms in total. The van der Waals surface area contributed by atoms with E-state index < -0.39 is 28.0 Å². The first-order valence-corrected chi connectivity index (χ1v) is 9.67. The zero-order chi connectivity index (χ0) is 18.6. The highest BCUT2D eigenvalue weighted by Crippen LogP contribution is 2.30. The maximum atomic E-state index is 12.2. The molecule has 1 atom stereocenters. The molecule has 1 heterocycles. The number of benzene rings is 1. The predicted octanol–water partition coefficient (Wildman–Crippen LogP) is 0.317. The van der Waals surface area contributed by atoms with Crippen LogP contribution in [0.15, 0.2) is 18.2 Å². The first-order valence-electron chi connectivity index (χ1n) is 7.82. The van der Waals surface area contributed by atoms with E-state index in [-0.39, 0.29) is 5.56 Å². The molecule has 0 radical (unpaired) electrons. The number of hydrogen-bond acceptors (Lipinski definition) is 6. The molecule has 0 saturated heterocycles. The lowest BCUT2D eigenvalue weighted by atomic mass is 10.1. The number of ether oxygens (including phenoxy) is 2. The Morgan fingerprint density at radius 3 is 2.72 bits per heavy atom. The van der Waals surface area contributed by atoms with Crippen LogP contribution in [0.3, 0.4) is 0 Å². The maximum Gasteiger partial charge on any atom is 0.338 e. The number of anilines is 1. The van der Waals surface area contributed by atoms with Gasteiger partial charge in [-0.3, -0.25) is 9.10 Å². The van der Waals surface area contributed by atoms with Crippen molar-refractivity contribution in [2.24, 2.45) is 0 Å². The second-order valence-electron chi connectivity index (χ2n) is 5.76. The first-order chi connectivity index (χ1) is 11.7.